The molecule has 0 bridgehead atoms. The lowest BCUT2D eigenvalue weighted by atomic mass is 10.1. The molecule has 0 atom stereocenters. The van der Waals surface area contributed by atoms with Crippen LogP contribution in [0, 0.1) is 0 Å². The van der Waals surface area contributed by atoms with Gasteiger partial charge in [-0.15, -0.1) is 0 Å². The Hall–Kier alpha value is -1.68. The third kappa shape index (κ3) is 4.23. The number of hydrogen-bond acceptors (Lipinski definition) is 5. The molecule has 0 unspecified atom stereocenters. The predicted octanol–water partition coefficient (Wildman–Crippen LogP) is 4.43. The average molecular weight is 349 g/mol. The summed E-state index contributed by atoms with van der Waals surface area (Å²) in [5.41, 5.74) is 1.29. The molecule has 130 valence electrons. The molecule has 24 heavy (non-hydrogen) atoms. The van der Waals surface area contributed by atoms with Gasteiger partial charge >= 0.3 is 7.60 Å². The van der Waals surface area contributed by atoms with Crippen LogP contribution in [0.1, 0.15) is 27.7 Å². The van der Waals surface area contributed by atoms with Gasteiger partial charge in [0.25, 0.3) is 0 Å². The molecule has 1 aromatic heterocycles. The first-order valence-electron chi connectivity index (χ1n) is 7.93. The van der Waals surface area contributed by atoms with Gasteiger partial charge in [-0.2, -0.15) is 0 Å². The number of aromatic nitrogens is 1. The fraction of sp³-hybridized carbons (Fsp3) is 0.389. The number of pyridine rings is 1. The van der Waals surface area contributed by atoms with Gasteiger partial charge in [-0.25, -0.2) is 0 Å². The van der Waals surface area contributed by atoms with Crippen molar-refractivity contribution in [1.29, 1.82) is 0 Å². The summed E-state index contributed by atoms with van der Waals surface area (Å²) in [4.78, 5) is 4.38. The van der Waals surface area contributed by atoms with Crippen LogP contribution in [0.15, 0.2) is 42.6 Å². The Balaban J connectivity index is 2.69. The Labute approximate surface area is 143 Å². The summed E-state index contributed by atoms with van der Waals surface area (Å²) in [7, 11) is -1.97. The third-order valence-electron chi connectivity index (χ3n) is 3.14. The van der Waals surface area contributed by atoms with Gasteiger partial charge < -0.3 is 13.8 Å². The van der Waals surface area contributed by atoms with E-state index in [1.807, 2.05) is 52.0 Å². The molecule has 0 radical (unpaired) electrons. The second-order valence-corrected chi connectivity index (χ2v) is 7.77. The maximum atomic E-state index is 13.6. The SMILES string of the molecule is COc1cccc(P(=O)(OC(C)C)OC(C)C)c1-c1ccccn1. The highest BCUT2D eigenvalue weighted by Gasteiger charge is 2.34. The van der Waals surface area contributed by atoms with Gasteiger partial charge in [0.1, 0.15) is 5.75 Å². The number of rotatable bonds is 7. The number of hydrogen-bond donors (Lipinski definition) is 0. The van der Waals surface area contributed by atoms with Crippen molar-refractivity contribution in [2.75, 3.05) is 7.11 Å². The lowest BCUT2D eigenvalue weighted by Crippen LogP contribution is -2.19. The molecule has 6 heteroatoms. The summed E-state index contributed by atoms with van der Waals surface area (Å²) < 4.78 is 30.5. The van der Waals surface area contributed by atoms with Crippen molar-refractivity contribution in [1.82, 2.24) is 4.98 Å². The number of nitrogens with zero attached hydrogens (tertiary/aromatic N) is 1. The van der Waals surface area contributed by atoms with E-state index in [1.165, 1.54) is 0 Å². The summed E-state index contributed by atoms with van der Waals surface area (Å²) in [6.45, 7) is 7.32. The Kier molecular flexibility index (Phi) is 6.16. The second kappa shape index (κ2) is 7.93. The van der Waals surface area contributed by atoms with Gasteiger partial charge in [-0.1, -0.05) is 12.1 Å². The summed E-state index contributed by atoms with van der Waals surface area (Å²) in [6.07, 6.45) is 1.18. The Morgan fingerprint density at radius 3 is 2.12 bits per heavy atom. The molecule has 2 aromatic rings. The second-order valence-electron chi connectivity index (χ2n) is 5.88. The first-order valence-corrected chi connectivity index (χ1v) is 9.47. The van der Waals surface area contributed by atoms with E-state index in [9.17, 15) is 4.57 Å². The van der Waals surface area contributed by atoms with Crippen LogP contribution in [0.2, 0.25) is 0 Å². The van der Waals surface area contributed by atoms with Crippen molar-refractivity contribution in [2.24, 2.45) is 0 Å². The van der Waals surface area contributed by atoms with Crippen LogP contribution in [0.5, 0.6) is 5.75 Å². The van der Waals surface area contributed by atoms with Crippen molar-refractivity contribution in [3.05, 3.63) is 42.6 Å². The lowest BCUT2D eigenvalue weighted by molar-refractivity contribution is 0.150. The minimum Gasteiger partial charge on any atom is -0.496 e. The fourth-order valence-electron chi connectivity index (χ4n) is 2.38. The summed E-state index contributed by atoms with van der Waals surface area (Å²) in [5.74, 6) is 0.575. The maximum absolute atomic E-state index is 13.6. The van der Waals surface area contributed by atoms with Crippen LogP contribution >= 0.6 is 7.60 Å². The number of ether oxygens (including phenoxy) is 1. The number of methoxy groups -OCH3 is 1. The molecule has 0 saturated carbocycles. The van der Waals surface area contributed by atoms with Crippen LogP contribution in [-0.2, 0) is 13.6 Å². The summed E-state index contributed by atoms with van der Waals surface area (Å²) in [5, 5.41) is 0.461. The van der Waals surface area contributed by atoms with Crippen LogP contribution in [0.4, 0.5) is 0 Å². The van der Waals surface area contributed by atoms with E-state index in [0.717, 1.165) is 0 Å². The monoisotopic (exact) mass is 349 g/mol. The topological polar surface area (TPSA) is 57.7 Å². The third-order valence-corrected chi connectivity index (χ3v) is 5.50. The van der Waals surface area contributed by atoms with E-state index in [4.69, 9.17) is 13.8 Å². The minimum atomic E-state index is -3.55. The maximum Gasteiger partial charge on any atom is 0.362 e. The largest absolute Gasteiger partial charge is 0.496 e. The van der Waals surface area contributed by atoms with Crippen LogP contribution in [-0.4, -0.2) is 24.3 Å². The molecular weight excluding hydrogens is 325 g/mol. The molecular formula is C18H24NO4P. The van der Waals surface area contributed by atoms with Crippen LogP contribution in [0.3, 0.4) is 0 Å². The highest BCUT2D eigenvalue weighted by molar-refractivity contribution is 7.62. The van der Waals surface area contributed by atoms with E-state index in [0.29, 0.717) is 22.3 Å². The molecule has 2 rings (SSSR count). The van der Waals surface area contributed by atoms with Crippen LogP contribution in [0.25, 0.3) is 11.3 Å². The Morgan fingerprint density at radius 2 is 1.62 bits per heavy atom. The highest BCUT2D eigenvalue weighted by Crippen LogP contribution is 2.52. The zero-order valence-corrected chi connectivity index (χ0v) is 15.6. The molecule has 5 nitrogen and oxygen atoms in total. The minimum absolute atomic E-state index is 0.252. The zero-order valence-electron chi connectivity index (χ0n) is 14.7. The van der Waals surface area contributed by atoms with Crippen molar-refractivity contribution in [3.8, 4) is 17.0 Å². The molecule has 0 aliphatic heterocycles. The highest BCUT2D eigenvalue weighted by atomic mass is 31.2. The lowest BCUT2D eigenvalue weighted by Gasteiger charge is -2.25. The van der Waals surface area contributed by atoms with Gasteiger partial charge in [0.2, 0.25) is 0 Å². The molecule has 0 aliphatic rings. The van der Waals surface area contributed by atoms with E-state index < -0.39 is 7.60 Å². The van der Waals surface area contributed by atoms with E-state index in [-0.39, 0.29) is 12.2 Å². The van der Waals surface area contributed by atoms with Gasteiger partial charge in [0, 0.05) is 6.20 Å². The van der Waals surface area contributed by atoms with Crippen molar-refractivity contribution < 1.29 is 18.3 Å². The molecule has 1 aromatic carbocycles. The summed E-state index contributed by atoms with van der Waals surface area (Å²) in [6, 6.07) is 10.9. The van der Waals surface area contributed by atoms with Crippen molar-refractivity contribution >= 4 is 12.9 Å². The number of benzene rings is 1. The summed E-state index contributed by atoms with van der Waals surface area (Å²) >= 11 is 0. The standard InChI is InChI=1S/C18H24NO4P/c1-13(2)22-24(20,23-14(3)4)17-11-8-10-16(21-5)18(17)15-9-6-7-12-19-15/h6-14H,1-5H3. The van der Waals surface area contributed by atoms with Gasteiger partial charge in [-0.05, 0) is 52.0 Å². The Bertz CT molecular complexity index is 702. The zero-order chi connectivity index (χ0) is 17.7. The molecule has 0 aliphatic carbocycles. The average Bonchev–Trinajstić information content (AvgIpc) is 2.53. The van der Waals surface area contributed by atoms with E-state index in [2.05, 4.69) is 4.98 Å². The molecule has 0 N–H and O–H groups in total. The van der Waals surface area contributed by atoms with Gasteiger partial charge in [0.05, 0.1) is 35.9 Å². The smallest absolute Gasteiger partial charge is 0.362 e. The van der Waals surface area contributed by atoms with E-state index in [1.54, 1.807) is 25.4 Å². The quantitative estimate of drug-likeness (QED) is 0.692. The van der Waals surface area contributed by atoms with Crippen molar-refractivity contribution in [3.63, 3.8) is 0 Å². The fourth-order valence-corrected chi connectivity index (χ4v) is 4.53. The normalized spacial score (nSPS) is 12.0. The van der Waals surface area contributed by atoms with E-state index >= 15 is 0 Å². The molecule has 0 amide bonds. The molecule has 0 fully saturated rings. The predicted molar refractivity (Wildman–Crippen MR) is 95.9 cm³/mol. The first-order chi connectivity index (χ1) is 11.4. The van der Waals surface area contributed by atoms with Gasteiger partial charge in [0.15, 0.2) is 0 Å². The molecule has 0 saturated heterocycles. The van der Waals surface area contributed by atoms with Crippen LogP contribution < -0.4 is 10.0 Å². The molecule has 0 spiro atoms. The Morgan fingerprint density at radius 1 is 0.958 bits per heavy atom. The van der Waals surface area contributed by atoms with Gasteiger partial charge in [-0.3, -0.25) is 9.55 Å². The van der Waals surface area contributed by atoms with Crippen molar-refractivity contribution in [2.45, 2.75) is 39.9 Å². The first kappa shape index (κ1) is 18.7. The molecule has 1 heterocycles.